The minimum Gasteiger partial charge on any atom is -0.352 e. The largest absolute Gasteiger partial charge is 0.352 e. The van der Waals surface area contributed by atoms with Gasteiger partial charge in [0.2, 0.25) is 5.91 Å². The molecular formula is C17H19ClN4O2. The Bertz CT molecular complexity index is 787. The van der Waals surface area contributed by atoms with Crippen LogP contribution in [-0.4, -0.2) is 28.1 Å². The molecule has 0 saturated heterocycles. The molecule has 0 aliphatic heterocycles. The van der Waals surface area contributed by atoms with Crippen LogP contribution in [0.1, 0.15) is 35.2 Å². The van der Waals surface area contributed by atoms with E-state index in [0.29, 0.717) is 22.8 Å². The van der Waals surface area contributed by atoms with Crippen molar-refractivity contribution in [3.63, 3.8) is 0 Å². The van der Waals surface area contributed by atoms with Gasteiger partial charge in [-0.1, -0.05) is 11.6 Å². The number of amides is 2. The Labute approximate surface area is 145 Å². The second-order valence-electron chi connectivity index (χ2n) is 5.93. The van der Waals surface area contributed by atoms with Crippen LogP contribution < -0.4 is 10.6 Å². The van der Waals surface area contributed by atoms with Gasteiger partial charge in [-0.15, -0.1) is 0 Å². The Morgan fingerprint density at radius 3 is 2.88 bits per heavy atom. The molecule has 0 radical (unpaired) electrons. The van der Waals surface area contributed by atoms with Gasteiger partial charge in [-0.05, 0) is 43.0 Å². The summed E-state index contributed by atoms with van der Waals surface area (Å²) in [6.07, 6.45) is 4.52. The lowest BCUT2D eigenvalue weighted by molar-refractivity contribution is -0.117. The zero-order valence-corrected chi connectivity index (χ0v) is 14.3. The second-order valence-corrected chi connectivity index (χ2v) is 6.37. The molecule has 3 rings (SSSR count). The standard InChI is InChI=1S/C17H19ClN4O2/c1-3-19-16(23)14-6-11(18)4-5-15(14)21-17(24)13-7-12(13)10-8-20-22(2)9-10/h4-6,8-9,12-13H,3,7H2,1-2H3,(H,19,23)(H,21,24)/t12-,13-/m0/s1. The lowest BCUT2D eigenvalue weighted by atomic mass is 10.1. The van der Waals surface area contributed by atoms with Crippen molar-refractivity contribution >= 4 is 29.1 Å². The molecule has 2 atom stereocenters. The number of halogens is 1. The van der Waals surface area contributed by atoms with Gasteiger partial charge in [0.25, 0.3) is 5.91 Å². The van der Waals surface area contributed by atoms with Gasteiger partial charge < -0.3 is 10.6 Å². The molecule has 126 valence electrons. The topological polar surface area (TPSA) is 76.0 Å². The first-order valence-electron chi connectivity index (χ1n) is 7.86. The van der Waals surface area contributed by atoms with Gasteiger partial charge in [0.15, 0.2) is 0 Å². The molecule has 6 nitrogen and oxygen atoms in total. The van der Waals surface area contributed by atoms with E-state index in [1.807, 2.05) is 20.2 Å². The average molecular weight is 347 g/mol. The molecule has 1 fully saturated rings. The number of benzene rings is 1. The highest BCUT2D eigenvalue weighted by Gasteiger charge is 2.44. The molecule has 1 aromatic heterocycles. The van der Waals surface area contributed by atoms with Gasteiger partial charge in [-0.2, -0.15) is 5.10 Å². The third-order valence-electron chi connectivity index (χ3n) is 4.10. The highest BCUT2D eigenvalue weighted by Crippen LogP contribution is 2.47. The van der Waals surface area contributed by atoms with E-state index in [0.717, 1.165) is 12.0 Å². The minimum absolute atomic E-state index is 0.0864. The Morgan fingerprint density at radius 1 is 1.42 bits per heavy atom. The Morgan fingerprint density at radius 2 is 2.21 bits per heavy atom. The zero-order chi connectivity index (χ0) is 17.3. The summed E-state index contributed by atoms with van der Waals surface area (Å²) in [7, 11) is 1.85. The summed E-state index contributed by atoms with van der Waals surface area (Å²) >= 11 is 5.98. The van der Waals surface area contributed by atoms with Gasteiger partial charge in [0, 0.05) is 30.7 Å². The molecule has 2 N–H and O–H groups in total. The second kappa shape index (κ2) is 6.65. The van der Waals surface area contributed by atoms with E-state index in [2.05, 4.69) is 15.7 Å². The molecule has 0 unspecified atom stereocenters. The predicted octanol–water partition coefficient (Wildman–Crippen LogP) is 2.57. The molecule has 1 saturated carbocycles. The van der Waals surface area contributed by atoms with E-state index in [4.69, 9.17) is 11.6 Å². The highest BCUT2D eigenvalue weighted by molar-refractivity contribution is 6.31. The van der Waals surface area contributed by atoms with Gasteiger partial charge in [-0.25, -0.2) is 0 Å². The van der Waals surface area contributed by atoms with Crippen LogP contribution in [0.25, 0.3) is 0 Å². The molecule has 1 aliphatic rings. The van der Waals surface area contributed by atoms with Gasteiger partial charge in [0.1, 0.15) is 0 Å². The Hall–Kier alpha value is -2.34. The summed E-state index contributed by atoms with van der Waals surface area (Å²) in [6, 6.07) is 4.88. The van der Waals surface area contributed by atoms with Crippen LogP contribution in [-0.2, 0) is 11.8 Å². The van der Waals surface area contributed by atoms with Crippen LogP contribution in [0.15, 0.2) is 30.6 Å². The van der Waals surface area contributed by atoms with E-state index in [1.165, 1.54) is 0 Å². The highest BCUT2D eigenvalue weighted by atomic mass is 35.5. The van der Waals surface area contributed by atoms with E-state index >= 15 is 0 Å². The number of hydrogen-bond acceptors (Lipinski definition) is 3. The number of rotatable bonds is 5. The third-order valence-corrected chi connectivity index (χ3v) is 4.34. The third kappa shape index (κ3) is 3.43. The predicted molar refractivity (Wildman–Crippen MR) is 92.1 cm³/mol. The smallest absolute Gasteiger partial charge is 0.253 e. The fourth-order valence-electron chi connectivity index (χ4n) is 2.78. The molecule has 0 bridgehead atoms. The van der Waals surface area contributed by atoms with E-state index in [9.17, 15) is 9.59 Å². The van der Waals surface area contributed by atoms with Crippen molar-refractivity contribution in [3.05, 3.63) is 46.7 Å². The maximum Gasteiger partial charge on any atom is 0.253 e. The summed E-state index contributed by atoms with van der Waals surface area (Å²) in [5.41, 5.74) is 1.92. The first-order valence-corrected chi connectivity index (χ1v) is 8.24. The normalized spacial score (nSPS) is 19.0. The SMILES string of the molecule is CCNC(=O)c1cc(Cl)ccc1NC(=O)[C@H]1C[C@H]1c1cnn(C)c1. The van der Waals surface area contributed by atoms with E-state index < -0.39 is 0 Å². The number of nitrogens with one attached hydrogen (secondary N) is 2. The number of anilines is 1. The first-order chi connectivity index (χ1) is 11.5. The zero-order valence-electron chi connectivity index (χ0n) is 13.5. The summed E-state index contributed by atoms with van der Waals surface area (Å²) < 4.78 is 1.73. The lowest BCUT2D eigenvalue weighted by Crippen LogP contribution is -2.25. The monoisotopic (exact) mass is 346 g/mol. The molecule has 1 aliphatic carbocycles. The minimum atomic E-state index is -0.255. The molecule has 0 spiro atoms. The maximum atomic E-state index is 12.5. The number of carbonyl (C=O) groups is 2. The van der Waals surface area contributed by atoms with Gasteiger partial charge in [-0.3, -0.25) is 14.3 Å². The van der Waals surface area contributed by atoms with E-state index in [1.54, 1.807) is 29.1 Å². The average Bonchev–Trinajstić information content (AvgIpc) is 3.24. The van der Waals surface area contributed by atoms with Crippen molar-refractivity contribution in [1.82, 2.24) is 15.1 Å². The number of carbonyl (C=O) groups excluding carboxylic acids is 2. The van der Waals surface area contributed by atoms with Gasteiger partial charge >= 0.3 is 0 Å². The van der Waals surface area contributed by atoms with E-state index in [-0.39, 0.29) is 23.7 Å². The molecule has 24 heavy (non-hydrogen) atoms. The summed E-state index contributed by atoms with van der Waals surface area (Å²) in [4.78, 5) is 24.6. The van der Waals surface area contributed by atoms with Crippen molar-refractivity contribution in [1.29, 1.82) is 0 Å². The molecule has 1 heterocycles. The number of nitrogens with zero attached hydrogens (tertiary/aromatic N) is 2. The fourth-order valence-corrected chi connectivity index (χ4v) is 2.95. The molecular weight excluding hydrogens is 328 g/mol. The van der Waals surface area contributed by atoms with Crippen molar-refractivity contribution in [2.45, 2.75) is 19.3 Å². The van der Waals surface area contributed by atoms with Crippen LogP contribution in [0.2, 0.25) is 5.02 Å². The summed E-state index contributed by atoms with van der Waals surface area (Å²) in [6.45, 7) is 2.34. The Kier molecular flexibility index (Phi) is 4.57. The van der Waals surface area contributed by atoms with Crippen molar-refractivity contribution in [2.75, 3.05) is 11.9 Å². The van der Waals surface area contributed by atoms with Crippen LogP contribution in [0.3, 0.4) is 0 Å². The van der Waals surface area contributed by atoms with Crippen LogP contribution >= 0.6 is 11.6 Å². The molecule has 2 amide bonds. The maximum absolute atomic E-state index is 12.5. The Balaban J connectivity index is 1.72. The van der Waals surface area contributed by atoms with Crippen molar-refractivity contribution in [3.8, 4) is 0 Å². The van der Waals surface area contributed by atoms with Crippen molar-refractivity contribution < 1.29 is 9.59 Å². The van der Waals surface area contributed by atoms with Crippen molar-refractivity contribution in [2.24, 2.45) is 13.0 Å². The lowest BCUT2D eigenvalue weighted by Gasteiger charge is -2.11. The molecule has 1 aromatic carbocycles. The van der Waals surface area contributed by atoms with Gasteiger partial charge in [0.05, 0.1) is 17.4 Å². The fraction of sp³-hybridized carbons (Fsp3) is 0.353. The first kappa shape index (κ1) is 16.5. The van der Waals surface area contributed by atoms with Crippen LogP contribution in [0.4, 0.5) is 5.69 Å². The molecule has 7 heteroatoms. The number of aryl methyl sites for hydroxylation is 1. The molecule has 2 aromatic rings. The summed E-state index contributed by atoms with van der Waals surface area (Å²) in [5.74, 6) is -0.238. The summed E-state index contributed by atoms with van der Waals surface area (Å²) in [5, 5.41) is 10.2. The number of aromatic nitrogens is 2. The quantitative estimate of drug-likeness (QED) is 0.873. The number of hydrogen-bond donors (Lipinski definition) is 2. The van der Waals surface area contributed by atoms with Crippen LogP contribution in [0.5, 0.6) is 0 Å². The van der Waals surface area contributed by atoms with Crippen LogP contribution in [0, 0.1) is 5.92 Å².